The molecule has 0 fully saturated rings. The quantitative estimate of drug-likeness (QED) is 0.145. The molecule has 3 N–H and O–H groups in total. The Morgan fingerprint density at radius 2 is 1.72 bits per heavy atom. The molecule has 0 radical (unpaired) electrons. The van der Waals surface area contributed by atoms with Crippen LogP contribution in [0, 0.1) is 29.6 Å². The van der Waals surface area contributed by atoms with Crippen LogP contribution in [0.2, 0.25) is 0 Å². The maximum atomic E-state index is 13.0. The second kappa shape index (κ2) is 16.8. The van der Waals surface area contributed by atoms with Gasteiger partial charge in [0.15, 0.2) is 0 Å². The van der Waals surface area contributed by atoms with Gasteiger partial charge in [-0.05, 0) is 51.5 Å². The maximum Gasteiger partial charge on any atom is 0.331 e. The Kier molecular flexibility index (Phi) is 14.7. The molecule has 0 spiro atoms. The number of esters is 1. The van der Waals surface area contributed by atoms with Crippen LogP contribution < -0.4 is 0 Å². The number of aliphatic hydroxyl groups is 2. The molecule has 1 aliphatic rings. The number of carbonyl (C=O) groups is 3. The first kappa shape index (κ1) is 34.0. The number of aliphatic carboxylic acids is 1. The van der Waals surface area contributed by atoms with Crippen molar-refractivity contribution in [1.29, 1.82) is 0 Å². The summed E-state index contributed by atoms with van der Waals surface area (Å²) in [5.74, 6) is -2.98. The van der Waals surface area contributed by atoms with E-state index in [-0.39, 0.29) is 42.2 Å². The fourth-order valence-electron chi connectivity index (χ4n) is 4.62. The Labute approximate surface area is 233 Å². The molecule has 7 nitrogen and oxygen atoms in total. The first-order valence-electron chi connectivity index (χ1n) is 13.6. The average molecular weight is 543 g/mol. The molecule has 39 heavy (non-hydrogen) atoms. The van der Waals surface area contributed by atoms with Crippen molar-refractivity contribution in [2.45, 2.75) is 73.5 Å². The molecule has 7 atom stereocenters. The fraction of sp³-hybridized carbons (Fsp3) is 0.531. The van der Waals surface area contributed by atoms with E-state index in [1.165, 1.54) is 6.08 Å². The van der Waals surface area contributed by atoms with Gasteiger partial charge in [-0.25, -0.2) is 9.59 Å². The zero-order valence-electron chi connectivity index (χ0n) is 24.3. The van der Waals surface area contributed by atoms with Gasteiger partial charge in [-0.1, -0.05) is 80.9 Å². The lowest BCUT2D eigenvalue weighted by Gasteiger charge is -2.26. The lowest BCUT2D eigenvalue weighted by Crippen LogP contribution is -2.35. The Morgan fingerprint density at radius 1 is 1.08 bits per heavy atom. The molecule has 1 rings (SSSR count). The number of Topliss-reactive ketones (excluding diaryl/α,β-unsaturated/α-hetero) is 1. The zero-order chi connectivity index (χ0) is 29.7. The number of hydrogen-bond donors (Lipinski definition) is 3. The van der Waals surface area contributed by atoms with Crippen LogP contribution in [0.15, 0.2) is 71.4 Å². The van der Waals surface area contributed by atoms with Crippen molar-refractivity contribution in [3.05, 3.63) is 71.4 Å². The predicted molar refractivity (Wildman–Crippen MR) is 154 cm³/mol. The molecule has 0 unspecified atom stereocenters. The van der Waals surface area contributed by atoms with E-state index in [2.05, 4.69) is 13.0 Å². The minimum Gasteiger partial charge on any atom is -0.478 e. The van der Waals surface area contributed by atoms with E-state index in [9.17, 15) is 24.6 Å². The van der Waals surface area contributed by atoms with E-state index in [1.54, 1.807) is 26.8 Å². The van der Waals surface area contributed by atoms with E-state index in [0.29, 0.717) is 12.0 Å². The van der Waals surface area contributed by atoms with Gasteiger partial charge in [-0.2, -0.15) is 0 Å². The number of carbonyl (C=O) groups excluding carboxylic acids is 2. The number of carboxylic acid groups (broad SMARTS) is 1. The van der Waals surface area contributed by atoms with Crippen LogP contribution in [0.5, 0.6) is 0 Å². The highest BCUT2D eigenvalue weighted by Crippen LogP contribution is 2.24. The highest BCUT2D eigenvalue weighted by atomic mass is 16.5. The van der Waals surface area contributed by atoms with Crippen LogP contribution >= 0.6 is 0 Å². The van der Waals surface area contributed by atoms with E-state index < -0.39 is 23.9 Å². The van der Waals surface area contributed by atoms with Crippen molar-refractivity contribution in [1.82, 2.24) is 0 Å². The Bertz CT molecular complexity index is 1030. The summed E-state index contributed by atoms with van der Waals surface area (Å²) in [5, 5.41) is 29.4. The summed E-state index contributed by atoms with van der Waals surface area (Å²) in [4.78, 5) is 35.3. The van der Waals surface area contributed by atoms with E-state index in [1.807, 2.05) is 51.2 Å². The first-order chi connectivity index (χ1) is 18.2. The third kappa shape index (κ3) is 12.6. The van der Waals surface area contributed by atoms with Gasteiger partial charge in [0.2, 0.25) is 0 Å². The van der Waals surface area contributed by atoms with Gasteiger partial charge in [-0.15, -0.1) is 0 Å². The number of rotatable bonds is 15. The molecule has 0 bridgehead atoms. The van der Waals surface area contributed by atoms with Crippen LogP contribution in [0.1, 0.15) is 61.3 Å². The monoisotopic (exact) mass is 542 g/mol. The second-order valence-electron chi connectivity index (χ2n) is 10.9. The van der Waals surface area contributed by atoms with E-state index in [4.69, 9.17) is 9.84 Å². The van der Waals surface area contributed by atoms with Gasteiger partial charge in [0.05, 0.1) is 18.6 Å². The maximum absolute atomic E-state index is 13.0. The minimum absolute atomic E-state index is 0.135. The molecule has 216 valence electrons. The molecule has 0 aromatic carbocycles. The SMILES string of the molecule is CC(=C/[C@H](C)C/C=C/C(C)=C/[C@@H](CO)C(=O)[C@@H](C)[C@H](O)[C@@H](C)C/C(C)=C/C(=O)O)/C=C/[C@@H]1OC(=O)C=C[C@@H]1C. The third-order valence-corrected chi connectivity index (χ3v) is 6.88. The highest BCUT2D eigenvalue weighted by Gasteiger charge is 2.30. The molecule has 0 saturated heterocycles. The number of ketones is 1. The van der Waals surface area contributed by atoms with Crippen molar-refractivity contribution < 1.29 is 34.4 Å². The number of cyclic esters (lactones) is 1. The molecule has 0 aliphatic carbocycles. The lowest BCUT2D eigenvalue weighted by molar-refractivity contribution is -0.143. The number of aliphatic hydroxyl groups excluding tert-OH is 2. The largest absolute Gasteiger partial charge is 0.478 e. The van der Waals surface area contributed by atoms with Gasteiger partial charge >= 0.3 is 11.9 Å². The minimum atomic E-state index is -1.04. The molecule has 0 aromatic rings. The van der Waals surface area contributed by atoms with Crippen molar-refractivity contribution >= 4 is 17.7 Å². The van der Waals surface area contributed by atoms with Crippen molar-refractivity contribution in [2.75, 3.05) is 6.61 Å². The first-order valence-corrected chi connectivity index (χ1v) is 13.6. The van der Waals surface area contributed by atoms with E-state index >= 15 is 0 Å². The standard InChI is InChI=1S/C32H46O7/c1-20(15-22(3)11-13-28-24(5)12-14-30(36)39-28)9-8-10-21(2)17-27(19-33)32(38)26(7)31(37)25(6)16-23(4)18-29(34)35/h8,10-15,17-18,20,24-28,31,33,37H,9,16,19H2,1-7H3,(H,34,35)/b10-8+,13-11+,21-17+,22-15-,23-18+/t20-,24+,25+,26+,27+,28+,31-/m1/s1. The summed E-state index contributed by atoms with van der Waals surface area (Å²) in [7, 11) is 0. The Balaban J connectivity index is 2.71. The van der Waals surface area contributed by atoms with Gasteiger partial charge in [0.25, 0.3) is 0 Å². The van der Waals surface area contributed by atoms with Crippen LogP contribution in [-0.4, -0.2) is 51.9 Å². The number of allylic oxidation sites excluding steroid dienone is 7. The Hall–Kier alpha value is -3.03. The van der Waals surface area contributed by atoms with Gasteiger partial charge in [-0.3, -0.25) is 4.79 Å². The fourth-order valence-corrected chi connectivity index (χ4v) is 4.62. The molecule has 0 aromatic heterocycles. The summed E-state index contributed by atoms with van der Waals surface area (Å²) in [5.41, 5.74) is 2.53. The Morgan fingerprint density at radius 3 is 2.33 bits per heavy atom. The molecule has 0 amide bonds. The molecular formula is C32H46O7. The second-order valence-corrected chi connectivity index (χ2v) is 10.9. The summed E-state index contributed by atoms with van der Waals surface area (Å²) in [6.07, 6.45) is 16.0. The number of ether oxygens (including phenoxy) is 1. The van der Waals surface area contributed by atoms with Crippen LogP contribution in [0.25, 0.3) is 0 Å². The van der Waals surface area contributed by atoms with Gasteiger partial charge in [0.1, 0.15) is 11.9 Å². The molecule has 1 heterocycles. The smallest absolute Gasteiger partial charge is 0.331 e. The van der Waals surface area contributed by atoms with Crippen molar-refractivity contribution in [3.8, 4) is 0 Å². The number of carboxylic acids is 1. The number of hydrogen-bond acceptors (Lipinski definition) is 6. The summed E-state index contributed by atoms with van der Waals surface area (Å²) in [6, 6.07) is 0. The molecule has 0 saturated carbocycles. The molecule has 1 aliphatic heterocycles. The average Bonchev–Trinajstić information content (AvgIpc) is 2.85. The van der Waals surface area contributed by atoms with Crippen LogP contribution in [0.4, 0.5) is 0 Å². The molecule has 7 heteroatoms. The van der Waals surface area contributed by atoms with Gasteiger partial charge < -0.3 is 20.1 Å². The summed E-state index contributed by atoms with van der Waals surface area (Å²) >= 11 is 0. The molecular weight excluding hydrogens is 496 g/mol. The van der Waals surface area contributed by atoms with Crippen LogP contribution in [-0.2, 0) is 19.1 Å². The third-order valence-electron chi connectivity index (χ3n) is 6.88. The van der Waals surface area contributed by atoms with E-state index in [0.717, 1.165) is 23.6 Å². The topological polar surface area (TPSA) is 121 Å². The zero-order valence-corrected chi connectivity index (χ0v) is 24.3. The lowest BCUT2D eigenvalue weighted by atomic mass is 9.82. The summed E-state index contributed by atoms with van der Waals surface area (Å²) < 4.78 is 5.34. The van der Waals surface area contributed by atoms with Crippen molar-refractivity contribution in [2.24, 2.45) is 29.6 Å². The predicted octanol–water partition coefficient (Wildman–Crippen LogP) is 5.37. The van der Waals surface area contributed by atoms with Crippen LogP contribution in [0.3, 0.4) is 0 Å². The normalized spacial score (nSPS) is 23.0. The van der Waals surface area contributed by atoms with Gasteiger partial charge in [0, 0.05) is 24.0 Å². The van der Waals surface area contributed by atoms with Crippen molar-refractivity contribution in [3.63, 3.8) is 0 Å². The highest BCUT2D eigenvalue weighted by molar-refractivity contribution is 5.85. The summed E-state index contributed by atoms with van der Waals surface area (Å²) in [6.45, 7) is 12.7.